The first kappa shape index (κ1) is 16.7. The molecule has 0 aliphatic carbocycles. The molecule has 8 heteroatoms. The Hall–Kier alpha value is -3.16. The molecule has 0 aliphatic rings. The summed E-state index contributed by atoms with van der Waals surface area (Å²) in [5.74, 6) is -0.429. The van der Waals surface area contributed by atoms with E-state index in [1.807, 2.05) is 24.3 Å². The normalized spacial score (nSPS) is 10.6. The van der Waals surface area contributed by atoms with Gasteiger partial charge in [0.15, 0.2) is 5.69 Å². The predicted octanol–water partition coefficient (Wildman–Crippen LogP) is 1.78. The van der Waals surface area contributed by atoms with Crippen LogP contribution in [0.25, 0.3) is 5.69 Å². The van der Waals surface area contributed by atoms with Gasteiger partial charge < -0.3 is 9.64 Å². The molecule has 0 saturated heterocycles. The lowest BCUT2D eigenvalue weighted by Gasteiger charge is -2.25. The van der Waals surface area contributed by atoms with Gasteiger partial charge in [0, 0.05) is 19.3 Å². The van der Waals surface area contributed by atoms with Crippen molar-refractivity contribution in [2.24, 2.45) is 0 Å². The van der Waals surface area contributed by atoms with Crippen molar-refractivity contribution in [2.45, 2.75) is 13.5 Å². The third kappa shape index (κ3) is 3.68. The van der Waals surface area contributed by atoms with Crippen molar-refractivity contribution in [3.8, 4) is 5.69 Å². The third-order valence-electron chi connectivity index (χ3n) is 3.87. The number of methoxy groups -OCH3 is 1. The lowest BCUT2D eigenvalue weighted by atomic mass is 10.2. The largest absolute Gasteiger partial charge is 0.464 e. The van der Waals surface area contributed by atoms with Gasteiger partial charge in [-0.1, -0.05) is 12.1 Å². The van der Waals surface area contributed by atoms with E-state index in [-0.39, 0.29) is 0 Å². The van der Waals surface area contributed by atoms with Crippen molar-refractivity contribution >= 4 is 11.7 Å². The molecule has 0 bridgehead atoms. The highest BCUT2D eigenvalue weighted by Gasteiger charge is 2.13. The molecule has 0 atom stereocenters. The molecule has 2 aromatic heterocycles. The summed E-state index contributed by atoms with van der Waals surface area (Å²) in [5, 5.41) is 12.7. The second-order valence-electron chi connectivity index (χ2n) is 5.34. The van der Waals surface area contributed by atoms with Gasteiger partial charge in [-0.05, 0) is 25.1 Å². The summed E-state index contributed by atoms with van der Waals surface area (Å²) in [6.07, 6.45) is 5.09. The number of hydrogen-bond acceptors (Lipinski definition) is 6. The van der Waals surface area contributed by atoms with E-state index in [0.29, 0.717) is 12.2 Å². The zero-order valence-electron chi connectivity index (χ0n) is 14.2. The van der Waals surface area contributed by atoms with Gasteiger partial charge in [0.05, 0.1) is 31.7 Å². The van der Waals surface area contributed by atoms with E-state index in [2.05, 4.69) is 31.9 Å². The monoisotopic (exact) mass is 340 g/mol. The van der Waals surface area contributed by atoms with Gasteiger partial charge in [0.2, 0.25) is 0 Å². The number of anilines is 1. The van der Waals surface area contributed by atoms with Crippen LogP contribution in [-0.2, 0) is 11.3 Å². The molecule has 25 heavy (non-hydrogen) atoms. The Bertz CT molecular complexity index is 827. The summed E-state index contributed by atoms with van der Waals surface area (Å²) < 4.78 is 6.42. The summed E-state index contributed by atoms with van der Waals surface area (Å²) in [6, 6.07) is 9.65. The van der Waals surface area contributed by atoms with Crippen molar-refractivity contribution in [3.05, 3.63) is 54.6 Å². The number of nitrogens with zero attached hydrogens (tertiary/aromatic N) is 6. The molecule has 0 radical (unpaired) electrons. The quantitative estimate of drug-likeness (QED) is 0.610. The van der Waals surface area contributed by atoms with E-state index < -0.39 is 5.97 Å². The van der Waals surface area contributed by atoms with E-state index in [0.717, 1.165) is 24.5 Å². The van der Waals surface area contributed by atoms with Crippen LogP contribution in [0, 0.1) is 0 Å². The molecule has 2 heterocycles. The van der Waals surface area contributed by atoms with Crippen molar-refractivity contribution in [2.75, 3.05) is 25.1 Å². The molecule has 0 amide bonds. The highest BCUT2D eigenvalue weighted by Crippen LogP contribution is 2.22. The van der Waals surface area contributed by atoms with Crippen LogP contribution in [0.1, 0.15) is 17.4 Å². The fourth-order valence-electron chi connectivity index (χ4n) is 2.61. The molecular formula is C17H20N6O2. The minimum absolute atomic E-state index is 0.312. The second kappa shape index (κ2) is 7.61. The number of para-hydroxylation sites is 2. The first-order chi connectivity index (χ1) is 12.2. The van der Waals surface area contributed by atoms with Crippen LogP contribution < -0.4 is 4.90 Å². The van der Waals surface area contributed by atoms with E-state index in [9.17, 15) is 4.79 Å². The molecule has 0 N–H and O–H groups in total. The molecule has 8 nitrogen and oxygen atoms in total. The van der Waals surface area contributed by atoms with E-state index in [1.54, 1.807) is 34.1 Å². The molecule has 0 aliphatic heterocycles. The van der Waals surface area contributed by atoms with Crippen molar-refractivity contribution < 1.29 is 9.53 Å². The van der Waals surface area contributed by atoms with Crippen LogP contribution in [0.2, 0.25) is 0 Å². The maximum atomic E-state index is 11.5. The Morgan fingerprint density at radius 2 is 1.96 bits per heavy atom. The van der Waals surface area contributed by atoms with Crippen molar-refractivity contribution in [1.82, 2.24) is 24.8 Å². The minimum Gasteiger partial charge on any atom is -0.464 e. The van der Waals surface area contributed by atoms with Crippen LogP contribution >= 0.6 is 0 Å². The number of esters is 1. The third-order valence-corrected chi connectivity index (χ3v) is 3.87. The number of ether oxygens (including phenoxy) is 1. The van der Waals surface area contributed by atoms with Gasteiger partial charge in [-0.15, -0.1) is 4.80 Å². The molecule has 130 valence electrons. The summed E-state index contributed by atoms with van der Waals surface area (Å²) in [7, 11) is 1.35. The molecule has 0 unspecified atom stereocenters. The number of benzene rings is 1. The maximum absolute atomic E-state index is 11.5. The first-order valence-corrected chi connectivity index (χ1v) is 8.05. The van der Waals surface area contributed by atoms with Crippen molar-refractivity contribution in [1.29, 1.82) is 0 Å². The van der Waals surface area contributed by atoms with Crippen LogP contribution in [-0.4, -0.2) is 50.9 Å². The van der Waals surface area contributed by atoms with Gasteiger partial charge in [0.25, 0.3) is 0 Å². The standard InChI is InChI=1S/C17H20N6O2/c1-3-21(12-13-22-11-8-14(20-22)17(24)25-2)15-6-4-5-7-16(15)23-18-9-10-19-23/h4-11H,3,12-13H2,1-2H3. The molecule has 0 spiro atoms. The van der Waals surface area contributed by atoms with Crippen LogP contribution in [0.4, 0.5) is 5.69 Å². The summed E-state index contributed by atoms with van der Waals surface area (Å²) in [4.78, 5) is 15.3. The Morgan fingerprint density at radius 1 is 1.20 bits per heavy atom. The molecular weight excluding hydrogens is 320 g/mol. The van der Waals surface area contributed by atoms with Crippen LogP contribution in [0.3, 0.4) is 0 Å². The van der Waals surface area contributed by atoms with Crippen LogP contribution in [0.15, 0.2) is 48.9 Å². The average molecular weight is 340 g/mol. The Morgan fingerprint density at radius 3 is 2.68 bits per heavy atom. The Kier molecular flexibility index (Phi) is 5.08. The number of carbonyl (C=O) groups is 1. The fraction of sp³-hybridized carbons (Fsp3) is 0.294. The van der Waals surface area contributed by atoms with Crippen LogP contribution in [0.5, 0.6) is 0 Å². The lowest BCUT2D eigenvalue weighted by Crippen LogP contribution is -2.28. The molecule has 1 aromatic carbocycles. The number of rotatable bonds is 7. The zero-order valence-corrected chi connectivity index (χ0v) is 14.2. The zero-order chi connectivity index (χ0) is 17.6. The van der Waals surface area contributed by atoms with Gasteiger partial charge in [-0.2, -0.15) is 15.3 Å². The molecule has 3 aromatic rings. The van der Waals surface area contributed by atoms with Crippen molar-refractivity contribution in [3.63, 3.8) is 0 Å². The highest BCUT2D eigenvalue weighted by atomic mass is 16.5. The van der Waals surface area contributed by atoms with Gasteiger partial charge in [-0.25, -0.2) is 4.79 Å². The SMILES string of the molecule is CCN(CCn1ccc(C(=O)OC)n1)c1ccccc1-n1nccn1. The Balaban J connectivity index is 1.75. The molecule has 0 saturated carbocycles. The lowest BCUT2D eigenvalue weighted by molar-refractivity contribution is 0.0593. The number of carbonyl (C=O) groups excluding carboxylic acids is 1. The number of hydrogen-bond donors (Lipinski definition) is 0. The van der Waals surface area contributed by atoms with E-state index in [4.69, 9.17) is 0 Å². The smallest absolute Gasteiger partial charge is 0.358 e. The first-order valence-electron chi connectivity index (χ1n) is 8.05. The average Bonchev–Trinajstić information content (AvgIpc) is 3.34. The molecule has 0 fully saturated rings. The summed E-state index contributed by atoms with van der Waals surface area (Å²) in [5.41, 5.74) is 2.28. The van der Waals surface area contributed by atoms with Gasteiger partial charge >= 0.3 is 5.97 Å². The fourth-order valence-corrected chi connectivity index (χ4v) is 2.61. The maximum Gasteiger partial charge on any atom is 0.358 e. The molecule has 3 rings (SSSR count). The topological polar surface area (TPSA) is 78.1 Å². The minimum atomic E-state index is -0.429. The second-order valence-corrected chi connectivity index (χ2v) is 5.34. The van der Waals surface area contributed by atoms with Gasteiger partial charge in [-0.3, -0.25) is 4.68 Å². The number of likely N-dealkylation sites (N-methyl/N-ethyl adjacent to an activating group) is 1. The number of aromatic nitrogens is 5. The predicted molar refractivity (Wildman–Crippen MR) is 92.8 cm³/mol. The van der Waals surface area contributed by atoms with Gasteiger partial charge in [0.1, 0.15) is 5.69 Å². The highest BCUT2D eigenvalue weighted by molar-refractivity contribution is 5.86. The van der Waals surface area contributed by atoms with E-state index >= 15 is 0 Å². The van der Waals surface area contributed by atoms with E-state index in [1.165, 1.54) is 7.11 Å². The summed E-state index contributed by atoms with van der Waals surface area (Å²) in [6.45, 7) is 4.29. The summed E-state index contributed by atoms with van der Waals surface area (Å²) >= 11 is 0. The Labute approximate surface area is 145 Å².